The van der Waals surface area contributed by atoms with E-state index in [0.717, 1.165) is 22.9 Å². The van der Waals surface area contributed by atoms with Crippen LogP contribution in [0.15, 0.2) is 291 Å². The molecular formula is C87H70B4N2O. The molecular weight excluding hydrogens is 1130 g/mol. The van der Waals surface area contributed by atoms with E-state index >= 15 is 0 Å². The summed E-state index contributed by atoms with van der Waals surface area (Å²) in [4.78, 5) is 5.31. The van der Waals surface area contributed by atoms with Crippen molar-refractivity contribution in [2.24, 2.45) is 0 Å². The van der Waals surface area contributed by atoms with Crippen LogP contribution in [0.3, 0.4) is 0 Å². The quantitative estimate of drug-likeness (QED) is 0.120. The first-order valence-electron chi connectivity index (χ1n) is 33.8. The highest BCUT2D eigenvalue weighted by Crippen LogP contribution is 2.45. The van der Waals surface area contributed by atoms with Crippen LogP contribution < -0.4 is 74.6 Å². The number of para-hydroxylation sites is 4. The van der Waals surface area contributed by atoms with E-state index in [1.165, 1.54) is 144 Å². The second-order valence-electron chi connectivity index (χ2n) is 27.1. The summed E-state index contributed by atoms with van der Waals surface area (Å²) >= 11 is 0. The molecule has 17 rings (SSSR count). The molecule has 13 aromatic rings. The van der Waals surface area contributed by atoms with Crippen LogP contribution in [0, 0.1) is 0 Å². The monoisotopic (exact) mass is 1200 g/mol. The average Bonchev–Trinajstić information content (AvgIpc) is 0.683. The Morgan fingerprint density at radius 2 is 0.713 bits per heavy atom. The third-order valence-corrected chi connectivity index (χ3v) is 20.7. The van der Waals surface area contributed by atoms with Gasteiger partial charge in [0.2, 0.25) is 13.4 Å². The molecule has 0 aromatic heterocycles. The summed E-state index contributed by atoms with van der Waals surface area (Å²) in [6.07, 6.45) is 0. The predicted molar refractivity (Wildman–Crippen MR) is 406 cm³/mol. The lowest BCUT2D eigenvalue weighted by Crippen LogP contribution is -2.66. The molecule has 13 aromatic carbocycles. The van der Waals surface area contributed by atoms with Crippen molar-refractivity contribution in [3.63, 3.8) is 0 Å². The molecule has 0 saturated carbocycles. The molecule has 0 fully saturated rings. The Hall–Kier alpha value is -10.5. The van der Waals surface area contributed by atoms with Crippen LogP contribution in [-0.4, -0.2) is 27.4 Å². The fraction of sp³-hybridized carbons (Fsp3) is 0.103. The van der Waals surface area contributed by atoms with Gasteiger partial charge in [0.1, 0.15) is 11.5 Å². The van der Waals surface area contributed by atoms with Gasteiger partial charge in [0.05, 0.1) is 0 Å². The Balaban J connectivity index is 1.03. The largest absolute Gasteiger partial charge is 0.458 e. The molecule has 0 amide bonds. The van der Waals surface area contributed by atoms with E-state index in [9.17, 15) is 0 Å². The van der Waals surface area contributed by atoms with Gasteiger partial charge in [0, 0.05) is 40.2 Å². The van der Waals surface area contributed by atoms with Crippen molar-refractivity contribution in [1.82, 2.24) is 0 Å². The minimum atomic E-state index is -0.222. The molecule has 0 radical (unpaired) electrons. The normalized spacial score (nSPS) is 13.1. The summed E-state index contributed by atoms with van der Waals surface area (Å²) in [5.41, 5.74) is 35.1. The highest BCUT2D eigenvalue weighted by atomic mass is 16.5. The summed E-state index contributed by atoms with van der Waals surface area (Å²) in [6.45, 7) is 13.7. The first kappa shape index (κ1) is 57.4. The number of rotatable bonds is 11. The second-order valence-corrected chi connectivity index (χ2v) is 27.1. The number of hydrogen-bond donors (Lipinski definition) is 0. The zero-order valence-electron chi connectivity index (χ0n) is 54.2. The molecule has 446 valence electrons. The van der Waals surface area contributed by atoms with Crippen molar-refractivity contribution in [1.29, 1.82) is 0 Å². The molecule has 4 aliphatic heterocycles. The maximum absolute atomic E-state index is 7.42. The summed E-state index contributed by atoms with van der Waals surface area (Å²) in [6, 6.07) is 110. The Bertz CT molecular complexity index is 4950. The Kier molecular flexibility index (Phi) is 14.2. The lowest BCUT2D eigenvalue weighted by molar-refractivity contribution is 0.487. The van der Waals surface area contributed by atoms with Crippen molar-refractivity contribution in [2.75, 3.05) is 9.80 Å². The van der Waals surface area contributed by atoms with Crippen LogP contribution in [0.2, 0.25) is 0 Å². The van der Waals surface area contributed by atoms with Gasteiger partial charge in [-0.05, 0) is 148 Å². The number of benzene rings is 13. The van der Waals surface area contributed by atoms with E-state index in [1.807, 2.05) is 0 Å². The number of fused-ring (bicyclic) bond motifs is 9. The van der Waals surface area contributed by atoms with Crippen molar-refractivity contribution in [3.8, 4) is 56.0 Å². The minimum absolute atomic E-state index is 0.0743. The van der Waals surface area contributed by atoms with Crippen LogP contribution in [0.4, 0.5) is 34.1 Å². The highest BCUT2D eigenvalue weighted by molar-refractivity contribution is 7.04. The topological polar surface area (TPSA) is 15.7 Å². The Morgan fingerprint density at radius 1 is 0.309 bits per heavy atom. The molecule has 3 nitrogen and oxygen atoms in total. The summed E-state index contributed by atoms with van der Waals surface area (Å²) in [5.74, 6) is 2.81. The zero-order valence-corrected chi connectivity index (χ0v) is 54.2. The third kappa shape index (κ3) is 9.29. The van der Waals surface area contributed by atoms with Crippen molar-refractivity contribution in [2.45, 2.75) is 59.3 Å². The highest BCUT2D eigenvalue weighted by Gasteiger charge is 2.48. The second kappa shape index (κ2) is 23.3. The van der Waals surface area contributed by atoms with Gasteiger partial charge in [-0.25, -0.2) is 0 Å². The van der Waals surface area contributed by atoms with Crippen LogP contribution in [0.25, 0.3) is 44.5 Å². The van der Waals surface area contributed by atoms with Gasteiger partial charge in [-0.15, -0.1) is 0 Å². The lowest BCUT2D eigenvalue weighted by Gasteiger charge is -2.47. The zero-order chi connectivity index (χ0) is 63.3. The maximum atomic E-state index is 7.42. The first-order chi connectivity index (χ1) is 46.2. The van der Waals surface area contributed by atoms with Crippen LogP contribution in [0.5, 0.6) is 11.5 Å². The van der Waals surface area contributed by atoms with Crippen LogP contribution in [0.1, 0.15) is 76.0 Å². The van der Waals surface area contributed by atoms with Gasteiger partial charge in [-0.3, -0.25) is 0 Å². The van der Waals surface area contributed by atoms with Gasteiger partial charge in [-0.1, -0.05) is 318 Å². The van der Waals surface area contributed by atoms with Crippen molar-refractivity contribution >= 4 is 122 Å². The van der Waals surface area contributed by atoms with E-state index < -0.39 is 0 Å². The number of anilines is 6. The van der Waals surface area contributed by atoms with E-state index in [-0.39, 0.29) is 20.1 Å². The number of nitrogens with zero attached hydrogens (tertiary/aromatic N) is 2. The van der Waals surface area contributed by atoms with Crippen molar-refractivity contribution in [3.05, 3.63) is 308 Å². The first-order valence-corrected chi connectivity index (χ1v) is 33.8. The minimum Gasteiger partial charge on any atom is -0.458 e. The van der Waals surface area contributed by atoms with Gasteiger partial charge in [-0.2, -0.15) is 0 Å². The molecule has 0 N–H and O–H groups in total. The molecule has 0 aliphatic carbocycles. The van der Waals surface area contributed by atoms with Gasteiger partial charge in [0.25, 0.3) is 6.71 Å². The molecule has 0 spiro atoms. The van der Waals surface area contributed by atoms with Crippen molar-refractivity contribution < 1.29 is 4.74 Å². The lowest BCUT2D eigenvalue weighted by atomic mass is 9.29. The molecule has 0 unspecified atom stereocenters. The molecule has 94 heavy (non-hydrogen) atoms. The average molecular weight is 1200 g/mol. The predicted octanol–water partition coefficient (Wildman–Crippen LogP) is 14.6. The number of hydrogen-bond acceptors (Lipinski definition) is 3. The smallest absolute Gasteiger partial charge is 0.251 e. The Morgan fingerprint density at radius 3 is 1.18 bits per heavy atom. The molecule has 7 heteroatoms. The van der Waals surface area contributed by atoms with E-state index in [0.29, 0.717) is 25.0 Å². The van der Waals surface area contributed by atoms with Crippen LogP contribution >= 0.6 is 0 Å². The van der Waals surface area contributed by atoms with Gasteiger partial charge < -0.3 is 14.5 Å². The standard InChI is InChI=1S/C87H70B4N2O/c1-55(2)62-50-68(56(3)4)85(69(51-62)57(5)6)91-73-46-24-27-49-80(73)94-81-54-79-70(52-74(81)91)88-82-86-75(53-76-87(82)93(79)78-48-26-23-45-72(78)90(76)84-66(60-34-16-9-17-35-60)42-29-43-67(84)61-36-18-10-19-37-61)89(71-44-22-25-47-77(71)92(86)63-38-20-11-21-39-63)83-64(58-30-12-7-13-31-58)40-28-41-65(83)59-32-14-8-15-33-59/h7-57,88H,1-6H3. The fourth-order valence-electron chi connectivity index (χ4n) is 16.5. The SMILES string of the molecule is CC(C)c1cc(C(C)C)c(B2c3ccccc3Oc3cc4c(cc32)Bc2c3c(cc5c2N4c2ccccc2B5c2c(-c4ccccc4)cccc2-c2ccccc2)B(c2c(-c4ccccc4)cccc2-c2ccccc2)c2ccccc2N3c2ccccc2)c(C(C)C)c1. The Labute approximate surface area is 555 Å². The molecule has 0 saturated heterocycles. The summed E-state index contributed by atoms with van der Waals surface area (Å²) < 4.78 is 7.42. The molecule has 4 heterocycles. The van der Waals surface area contributed by atoms with Gasteiger partial charge in [0.15, 0.2) is 7.28 Å². The van der Waals surface area contributed by atoms with Gasteiger partial charge >= 0.3 is 0 Å². The van der Waals surface area contributed by atoms with E-state index in [1.54, 1.807) is 0 Å². The van der Waals surface area contributed by atoms with Crippen LogP contribution in [-0.2, 0) is 0 Å². The fourth-order valence-corrected chi connectivity index (χ4v) is 16.5. The summed E-state index contributed by atoms with van der Waals surface area (Å²) in [5, 5.41) is 0. The maximum Gasteiger partial charge on any atom is 0.251 e. The summed E-state index contributed by atoms with van der Waals surface area (Å²) in [7, 11) is 0.671. The molecule has 0 atom stereocenters. The molecule has 0 bridgehead atoms. The molecule has 4 aliphatic rings. The van der Waals surface area contributed by atoms with E-state index in [2.05, 4.69) is 343 Å². The van der Waals surface area contributed by atoms with E-state index in [4.69, 9.17) is 4.74 Å². The number of ether oxygens (including phenoxy) is 1. The third-order valence-electron chi connectivity index (χ3n) is 20.7.